The molecule has 0 bridgehead atoms. The minimum Gasteiger partial charge on any atom is -0.481 e. The second-order valence-electron chi connectivity index (χ2n) is 5.98. The van der Waals surface area contributed by atoms with Crippen molar-refractivity contribution in [2.75, 3.05) is 18.9 Å². The number of hydrogen-bond donors (Lipinski definition) is 6. The summed E-state index contributed by atoms with van der Waals surface area (Å²) in [5.41, 5.74) is 7.33. The number of aromatic amines is 2. The number of fused-ring (bicyclic) bond motifs is 1. The van der Waals surface area contributed by atoms with Crippen molar-refractivity contribution in [2.24, 2.45) is 0 Å². The number of aliphatic hydroxyl groups excluding tert-OH is 1. The first kappa shape index (κ1) is 22.1. The number of likely N-dealkylation sites (tertiary alicyclic amines) is 1. The molecule has 7 N–H and O–H groups in total. The van der Waals surface area contributed by atoms with Crippen molar-refractivity contribution in [1.29, 1.82) is 0 Å². The van der Waals surface area contributed by atoms with Crippen LogP contribution in [0.2, 0.25) is 0 Å². The van der Waals surface area contributed by atoms with Gasteiger partial charge in [-0.1, -0.05) is 0 Å². The van der Waals surface area contributed by atoms with Crippen LogP contribution < -0.4 is 11.3 Å². The van der Waals surface area contributed by atoms with Crippen molar-refractivity contribution >= 4 is 28.9 Å². The highest BCUT2D eigenvalue weighted by molar-refractivity contribution is 5.78. The molecule has 27 heavy (non-hydrogen) atoms. The minimum absolute atomic E-state index is 0.124. The summed E-state index contributed by atoms with van der Waals surface area (Å²) < 4.78 is 0. The first-order valence-electron chi connectivity index (χ1n) is 8.25. The van der Waals surface area contributed by atoms with E-state index in [4.69, 9.17) is 25.5 Å². The van der Waals surface area contributed by atoms with Gasteiger partial charge >= 0.3 is 0 Å². The maximum Gasteiger partial charge on any atom is 0.300 e. The van der Waals surface area contributed by atoms with E-state index in [-0.39, 0.29) is 24.2 Å². The molecule has 0 aromatic carbocycles. The highest BCUT2D eigenvalue weighted by atomic mass is 16.4. The molecule has 1 atom stereocenters. The molecule has 11 nitrogen and oxygen atoms in total. The first-order chi connectivity index (χ1) is 12.6. The van der Waals surface area contributed by atoms with Gasteiger partial charge < -0.3 is 26.0 Å². The predicted molar refractivity (Wildman–Crippen MR) is 98.3 cm³/mol. The molecule has 0 unspecified atom stereocenters. The van der Waals surface area contributed by atoms with Crippen molar-refractivity contribution in [3.05, 3.63) is 22.1 Å². The zero-order valence-corrected chi connectivity index (χ0v) is 15.2. The van der Waals surface area contributed by atoms with Crippen molar-refractivity contribution < 1.29 is 24.9 Å². The summed E-state index contributed by atoms with van der Waals surface area (Å²) in [5.74, 6) is -1.54. The molecule has 2 aromatic heterocycles. The molecule has 1 fully saturated rings. The van der Waals surface area contributed by atoms with Crippen LogP contribution in [0.15, 0.2) is 11.0 Å². The lowest BCUT2D eigenvalue weighted by molar-refractivity contribution is -0.135. The number of carboxylic acids is 2. The normalized spacial score (nSPS) is 16.2. The second-order valence-corrected chi connectivity index (χ2v) is 5.98. The van der Waals surface area contributed by atoms with E-state index in [9.17, 15) is 9.90 Å². The summed E-state index contributed by atoms with van der Waals surface area (Å²) in [7, 11) is 0. The number of anilines is 1. The number of H-pyrrole nitrogens is 2. The third-order valence-corrected chi connectivity index (χ3v) is 3.72. The van der Waals surface area contributed by atoms with Gasteiger partial charge in [0.05, 0.1) is 6.61 Å². The Labute approximate surface area is 154 Å². The predicted octanol–water partition coefficient (Wildman–Crippen LogP) is -0.0281. The van der Waals surface area contributed by atoms with Crippen LogP contribution in [0.1, 0.15) is 32.3 Å². The molecular weight excluding hydrogens is 358 g/mol. The third-order valence-electron chi connectivity index (χ3n) is 3.72. The number of aliphatic carboxylic acids is 2. The topological polar surface area (TPSA) is 186 Å². The Morgan fingerprint density at radius 3 is 2.48 bits per heavy atom. The van der Waals surface area contributed by atoms with E-state index >= 15 is 0 Å². The molecule has 0 aliphatic carbocycles. The number of nitrogen functional groups attached to an aromatic ring is 1. The van der Waals surface area contributed by atoms with Gasteiger partial charge in [-0.15, -0.1) is 0 Å². The molecule has 0 spiro atoms. The third kappa shape index (κ3) is 7.07. The van der Waals surface area contributed by atoms with Gasteiger partial charge in [-0.05, 0) is 19.4 Å². The molecule has 1 aliphatic heterocycles. The number of rotatable bonds is 3. The van der Waals surface area contributed by atoms with E-state index in [2.05, 4.69) is 19.9 Å². The molecular formula is C16H25N5O6. The van der Waals surface area contributed by atoms with Crippen LogP contribution in [0, 0.1) is 0 Å². The summed E-state index contributed by atoms with van der Waals surface area (Å²) >= 11 is 0. The Hall–Kier alpha value is -2.92. The minimum atomic E-state index is -0.833. The van der Waals surface area contributed by atoms with Gasteiger partial charge in [0, 0.05) is 38.2 Å². The van der Waals surface area contributed by atoms with E-state index in [1.54, 1.807) is 6.20 Å². The molecule has 0 saturated carbocycles. The summed E-state index contributed by atoms with van der Waals surface area (Å²) in [6.07, 6.45) is 3.89. The van der Waals surface area contributed by atoms with Crippen LogP contribution in [0.5, 0.6) is 0 Å². The van der Waals surface area contributed by atoms with Crippen molar-refractivity contribution in [2.45, 2.75) is 39.3 Å². The van der Waals surface area contributed by atoms with Crippen LogP contribution in [0.25, 0.3) is 11.0 Å². The summed E-state index contributed by atoms with van der Waals surface area (Å²) in [6, 6.07) is 0.198. The van der Waals surface area contributed by atoms with E-state index in [1.807, 2.05) is 0 Å². The quantitative estimate of drug-likeness (QED) is 0.423. The molecule has 2 aromatic rings. The largest absolute Gasteiger partial charge is 0.481 e. The lowest BCUT2D eigenvalue weighted by atomic mass is 10.2. The van der Waals surface area contributed by atoms with Crippen LogP contribution >= 0.6 is 0 Å². The number of aliphatic hydroxyl groups is 1. The van der Waals surface area contributed by atoms with Gasteiger partial charge in [-0.3, -0.25) is 24.3 Å². The Morgan fingerprint density at radius 2 is 1.93 bits per heavy atom. The van der Waals surface area contributed by atoms with E-state index in [0.29, 0.717) is 17.6 Å². The monoisotopic (exact) mass is 383 g/mol. The number of nitrogens with one attached hydrogen (secondary N) is 2. The molecule has 1 saturated heterocycles. The fourth-order valence-corrected chi connectivity index (χ4v) is 2.73. The molecule has 3 heterocycles. The second kappa shape index (κ2) is 10.3. The Morgan fingerprint density at radius 1 is 1.33 bits per heavy atom. The SMILES string of the molecule is CC(=O)O.CC(=O)O.Nc1nc2c(CN3CCC[C@H]3CO)c[nH]c2c(=O)[nH]1. The zero-order chi connectivity index (χ0) is 20.6. The van der Waals surface area contributed by atoms with Gasteiger partial charge in [-0.2, -0.15) is 0 Å². The van der Waals surface area contributed by atoms with Gasteiger partial charge in [0.15, 0.2) is 0 Å². The number of nitrogens with zero attached hydrogens (tertiary/aromatic N) is 2. The van der Waals surface area contributed by atoms with Crippen LogP contribution in [0.4, 0.5) is 5.95 Å². The van der Waals surface area contributed by atoms with Crippen molar-refractivity contribution in [1.82, 2.24) is 19.9 Å². The molecule has 1 aliphatic rings. The average Bonchev–Trinajstić information content (AvgIpc) is 3.14. The standard InChI is InChI=1S/C12H17N5O2.2C2H4O2/c13-12-15-9-7(4-14-10(9)11(19)16-12)5-17-3-1-2-8(17)6-18;2*1-2(3)4/h4,8,14,18H,1-3,5-6H2,(H3,13,15,16,19);2*1H3,(H,3,4)/t8-;;/m0../s1. The Bertz CT molecular complexity index is 810. The van der Waals surface area contributed by atoms with Crippen molar-refractivity contribution in [3.63, 3.8) is 0 Å². The first-order valence-corrected chi connectivity index (χ1v) is 8.25. The van der Waals surface area contributed by atoms with Crippen LogP contribution in [-0.4, -0.2) is 66.3 Å². The van der Waals surface area contributed by atoms with E-state index in [1.165, 1.54) is 0 Å². The zero-order valence-electron chi connectivity index (χ0n) is 15.2. The number of carboxylic acid groups (broad SMARTS) is 2. The fraction of sp³-hybridized carbons (Fsp3) is 0.500. The average molecular weight is 383 g/mol. The number of aromatic nitrogens is 3. The maximum atomic E-state index is 11.7. The number of carbonyl (C=O) groups is 2. The highest BCUT2D eigenvalue weighted by Crippen LogP contribution is 2.22. The van der Waals surface area contributed by atoms with E-state index < -0.39 is 11.9 Å². The maximum absolute atomic E-state index is 11.7. The van der Waals surface area contributed by atoms with Gasteiger partial charge in [-0.25, -0.2) is 4.98 Å². The highest BCUT2D eigenvalue weighted by Gasteiger charge is 2.24. The van der Waals surface area contributed by atoms with Gasteiger partial charge in [0.25, 0.3) is 17.5 Å². The fourth-order valence-electron chi connectivity index (χ4n) is 2.73. The van der Waals surface area contributed by atoms with Gasteiger partial charge in [0.2, 0.25) is 5.95 Å². The summed E-state index contributed by atoms with van der Waals surface area (Å²) in [4.78, 5) is 41.5. The van der Waals surface area contributed by atoms with Crippen LogP contribution in [-0.2, 0) is 16.1 Å². The molecule has 3 rings (SSSR count). The summed E-state index contributed by atoms with van der Waals surface area (Å²) in [6.45, 7) is 3.95. The number of hydrogen-bond acceptors (Lipinski definition) is 7. The molecule has 150 valence electrons. The van der Waals surface area contributed by atoms with Crippen LogP contribution in [0.3, 0.4) is 0 Å². The van der Waals surface area contributed by atoms with E-state index in [0.717, 1.165) is 38.8 Å². The smallest absolute Gasteiger partial charge is 0.300 e. The molecule has 11 heteroatoms. The number of nitrogens with two attached hydrogens (primary N) is 1. The lowest BCUT2D eigenvalue weighted by Gasteiger charge is -2.21. The Kier molecular flexibility index (Phi) is 8.42. The van der Waals surface area contributed by atoms with Gasteiger partial charge in [0.1, 0.15) is 11.0 Å². The molecule has 0 radical (unpaired) electrons. The Balaban J connectivity index is 0.000000390. The lowest BCUT2D eigenvalue weighted by Crippen LogP contribution is -2.31. The van der Waals surface area contributed by atoms with Crippen molar-refractivity contribution in [3.8, 4) is 0 Å². The molecule has 0 amide bonds. The summed E-state index contributed by atoms with van der Waals surface area (Å²) in [5, 5.41) is 24.2.